The Labute approximate surface area is 163 Å². The summed E-state index contributed by atoms with van der Waals surface area (Å²) in [4.78, 5) is 36.3. The summed E-state index contributed by atoms with van der Waals surface area (Å²) in [6.07, 6.45) is 4.08. The van der Waals surface area contributed by atoms with E-state index in [4.69, 9.17) is 9.52 Å². The fraction of sp³-hybridized carbons (Fsp3) is 0.381. The van der Waals surface area contributed by atoms with Crippen LogP contribution in [0.15, 0.2) is 53.1 Å². The second-order valence-electron chi connectivity index (χ2n) is 7.09. The standard InChI is InChI=1S/C21H24N2O5/c24-19(22-16-10-8-15(9-11-16)21(26)27)17(13-14-5-2-1-3-6-14)23-20(25)18-7-4-12-28-18/h1-7,12,15-17H,8-11,13H2,(H,22,24)(H,23,25)(H,26,27). The van der Waals surface area contributed by atoms with Gasteiger partial charge in [0.25, 0.3) is 5.91 Å². The number of hydrogen-bond donors (Lipinski definition) is 3. The second-order valence-corrected chi connectivity index (χ2v) is 7.09. The monoisotopic (exact) mass is 384 g/mol. The van der Waals surface area contributed by atoms with Crippen LogP contribution in [0.2, 0.25) is 0 Å². The largest absolute Gasteiger partial charge is 0.481 e. The Hall–Kier alpha value is -3.09. The van der Waals surface area contributed by atoms with Crippen LogP contribution >= 0.6 is 0 Å². The minimum atomic E-state index is -0.780. The zero-order valence-electron chi connectivity index (χ0n) is 15.5. The first kappa shape index (κ1) is 19.7. The SMILES string of the molecule is O=C(NC(Cc1ccccc1)C(=O)NC1CCC(C(=O)O)CC1)c1ccco1. The van der Waals surface area contributed by atoms with Crippen LogP contribution in [0.25, 0.3) is 0 Å². The van der Waals surface area contributed by atoms with Gasteiger partial charge in [0.1, 0.15) is 6.04 Å². The number of rotatable bonds is 7. The lowest BCUT2D eigenvalue weighted by Crippen LogP contribution is -2.51. The molecule has 1 saturated carbocycles. The van der Waals surface area contributed by atoms with Crippen molar-refractivity contribution < 1.29 is 23.9 Å². The van der Waals surface area contributed by atoms with Gasteiger partial charge in [-0.05, 0) is 43.4 Å². The van der Waals surface area contributed by atoms with Gasteiger partial charge in [-0.1, -0.05) is 30.3 Å². The number of nitrogens with one attached hydrogen (secondary N) is 2. The molecule has 28 heavy (non-hydrogen) atoms. The van der Waals surface area contributed by atoms with Gasteiger partial charge in [-0.2, -0.15) is 0 Å². The molecule has 1 aromatic carbocycles. The van der Waals surface area contributed by atoms with Gasteiger partial charge < -0.3 is 20.2 Å². The molecule has 7 nitrogen and oxygen atoms in total. The number of hydrogen-bond acceptors (Lipinski definition) is 4. The number of carbonyl (C=O) groups is 3. The molecule has 7 heteroatoms. The molecule has 148 valence electrons. The molecule has 1 fully saturated rings. The second kappa shape index (κ2) is 9.21. The minimum Gasteiger partial charge on any atom is -0.481 e. The van der Waals surface area contributed by atoms with Crippen molar-refractivity contribution in [2.45, 2.75) is 44.2 Å². The molecule has 1 atom stereocenters. The van der Waals surface area contributed by atoms with Crippen molar-refractivity contribution in [3.63, 3.8) is 0 Å². The zero-order valence-corrected chi connectivity index (χ0v) is 15.5. The number of carboxylic acids is 1. The van der Waals surface area contributed by atoms with E-state index >= 15 is 0 Å². The molecular weight excluding hydrogens is 360 g/mol. The summed E-state index contributed by atoms with van der Waals surface area (Å²) in [6, 6.07) is 11.8. The van der Waals surface area contributed by atoms with Crippen LogP contribution in [0.4, 0.5) is 0 Å². The fourth-order valence-electron chi connectivity index (χ4n) is 3.48. The summed E-state index contributed by atoms with van der Waals surface area (Å²) in [7, 11) is 0. The third kappa shape index (κ3) is 5.22. The first-order valence-corrected chi connectivity index (χ1v) is 9.44. The van der Waals surface area contributed by atoms with Crippen molar-refractivity contribution in [3.8, 4) is 0 Å². The van der Waals surface area contributed by atoms with Crippen molar-refractivity contribution in [1.82, 2.24) is 10.6 Å². The van der Waals surface area contributed by atoms with E-state index in [2.05, 4.69) is 10.6 Å². The molecule has 1 aliphatic rings. The van der Waals surface area contributed by atoms with Crippen LogP contribution in [-0.4, -0.2) is 35.0 Å². The van der Waals surface area contributed by atoms with Gasteiger partial charge in [-0.15, -0.1) is 0 Å². The fourth-order valence-corrected chi connectivity index (χ4v) is 3.48. The smallest absolute Gasteiger partial charge is 0.306 e. The molecular formula is C21H24N2O5. The summed E-state index contributed by atoms with van der Waals surface area (Å²) < 4.78 is 5.11. The normalized spacial score (nSPS) is 20.1. The third-order valence-electron chi connectivity index (χ3n) is 5.07. The van der Waals surface area contributed by atoms with Crippen molar-refractivity contribution in [2.75, 3.05) is 0 Å². The van der Waals surface area contributed by atoms with Gasteiger partial charge in [-0.3, -0.25) is 14.4 Å². The molecule has 1 unspecified atom stereocenters. The maximum atomic E-state index is 12.9. The van der Waals surface area contributed by atoms with Gasteiger partial charge in [0.15, 0.2) is 5.76 Å². The van der Waals surface area contributed by atoms with Gasteiger partial charge in [0.05, 0.1) is 12.2 Å². The quantitative estimate of drug-likeness (QED) is 0.679. The maximum Gasteiger partial charge on any atom is 0.306 e. The van der Waals surface area contributed by atoms with E-state index in [1.54, 1.807) is 12.1 Å². The van der Waals surface area contributed by atoms with E-state index in [0.29, 0.717) is 32.1 Å². The minimum absolute atomic E-state index is 0.0816. The van der Waals surface area contributed by atoms with E-state index < -0.39 is 17.9 Å². The Balaban J connectivity index is 1.64. The highest BCUT2D eigenvalue weighted by Gasteiger charge is 2.29. The summed E-state index contributed by atoms with van der Waals surface area (Å²) in [5, 5.41) is 14.8. The molecule has 3 N–H and O–H groups in total. The van der Waals surface area contributed by atoms with Gasteiger partial charge >= 0.3 is 5.97 Å². The van der Waals surface area contributed by atoms with Crippen molar-refractivity contribution in [1.29, 1.82) is 0 Å². The topological polar surface area (TPSA) is 109 Å². The number of aliphatic carboxylic acids is 1. The summed E-state index contributed by atoms with van der Waals surface area (Å²) in [5.41, 5.74) is 0.928. The van der Waals surface area contributed by atoms with Crippen molar-refractivity contribution >= 4 is 17.8 Å². The van der Waals surface area contributed by atoms with Gasteiger partial charge in [-0.25, -0.2) is 0 Å². The lowest BCUT2D eigenvalue weighted by Gasteiger charge is -2.28. The van der Waals surface area contributed by atoms with Crippen LogP contribution in [0.5, 0.6) is 0 Å². The Kier molecular flexibility index (Phi) is 6.47. The lowest BCUT2D eigenvalue weighted by atomic mass is 9.86. The lowest BCUT2D eigenvalue weighted by molar-refractivity contribution is -0.142. The number of amides is 2. The molecule has 0 spiro atoms. The first-order chi connectivity index (χ1) is 13.5. The molecule has 3 rings (SSSR count). The average molecular weight is 384 g/mol. The molecule has 0 aliphatic heterocycles. The van der Waals surface area contributed by atoms with Crippen LogP contribution in [0.3, 0.4) is 0 Å². The number of furan rings is 1. The average Bonchev–Trinajstić information content (AvgIpc) is 3.23. The van der Waals surface area contributed by atoms with Crippen LogP contribution in [-0.2, 0) is 16.0 Å². The molecule has 0 bridgehead atoms. The van der Waals surface area contributed by atoms with Crippen LogP contribution in [0, 0.1) is 5.92 Å². The Bertz CT molecular complexity index is 795. The molecule has 1 aliphatic carbocycles. The Morgan fingerprint density at radius 1 is 1.04 bits per heavy atom. The van der Waals surface area contributed by atoms with E-state index in [9.17, 15) is 14.4 Å². The maximum absolute atomic E-state index is 12.9. The zero-order chi connectivity index (χ0) is 19.9. The highest BCUT2D eigenvalue weighted by molar-refractivity contribution is 5.95. The number of benzene rings is 1. The van der Waals surface area contributed by atoms with Gasteiger partial charge in [0.2, 0.25) is 5.91 Å². The van der Waals surface area contributed by atoms with Crippen LogP contribution in [0.1, 0.15) is 41.8 Å². The first-order valence-electron chi connectivity index (χ1n) is 9.44. The number of carbonyl (C=O) groups excluding carboxylic acids is 2. The predicted molar refractivity (Wildman–Crippen MR) is 102 cm³/mol. The molecule has 1 aromatic heterocycles. The van der Waals surface area contributed by atoms with E-state index in [1.807, 2.05) is 30.3 Å². The molecule has 1 heterocycles. The number of carboxylic acid groups (broad SMARTS) is 1. The predicted octanol–water partition coefficient (Wildman–Crippen LogP) is 2.38. The molecule has 2 amide bonds. The molecule has 2 aromatic rings. The highest BCUT2D eigenvalue weighted by atomic mass is 16.4. The summed E-state index contributed by atoms with van der Waals surface area (Å²) in [6.45, 7) is 0. The van der Waals surface area contributed by atoms with Crippen LogP contribution < -0.4 is 10.6 Å². The van der Waals surface area contributed by atoms with Crippen molar-refractivity contribution in [3.05, 3.63) is 60.1 Å². The molecule has 0 radical (unpaired) electrons. The summed E-state index contributed by atoms with van der Waals surface area (Å²) >= 11 is 0. The Morgan fingerprint density at radius 3 is 2.36 bits per heavy atom. The summed E-state index contributed by atoms with van der Waals surface area (Å²) in [5.74, 6) is -1.70. The van der Waals surface area contributed by atoms with Crippen molar-refractivity contribution in [2.24, 2.45) is 5.92 Å². The highest BCUT2D eigenvalue weighted by Crippen LogP contribution is 2.24. The van der Waals surface area contributed by atoms with Gasteiger partial charge in [0, 0.05) is 12.5 Å². The Morgan fingerprint density at radius 2 is 1.75 bits per heavy atom. The molecule has 0 saturated heterocycles. The van der Waals surface area contributed by atoms with E-state index in [0.717, 1.165) is 5.56 Å². The van der Waals surface area contributed by atoms with E-state index in [1.165, 1.54) is 6.26 Å². The third-order valence-corrected chi connectivity index (χ3v) is 5.07. The van der Waals surface area contributed by atoms with E-state index in [-0.39, 0.29) is 23.6 Å².